The van der Waals surface area contributed by atoms with Crippen molar-refractivity contribution in [1.82, 2.24) is 21.3 Å². The van der Waals surface area contributed by atoms with Crippen molar-refractivity contribution in [2.45, 2.75) is 109 Å². The van der Waals surface area contributed by atoms with Gasteiger partial charge in [0.15, 0.2) is 0 Å². The van der Waals surface area contributed by atoms with Crippen LogP contribution in [0.1, 0.15) is 103 Å². The molecule has 0 radical (unpaired) electrons. The lowest BCUT2D eigenvalue weighted by atomic mass is 9.44. The average molecular weight is 604 g/mol. The molecule has 8 heteroatoms. The summed E-state index contributed by atoms with van der Waals surface area (Å²) in [7, 11) is 5.62. The van der Waals surface area contributed by atoms with Crippen molar-refractivity contribution in [3.8, 4) is 0 Å². The van der Waals surface area contributed by atoms with Gasteiger partial charge in [-0.25, -0.2) is 0 Å². The van der Waals surface area contributed by atoms with Gasteiger partial charge in [-0.3, -0.25) is 9.59 Å². The molecule has 0 aromatic rings. The maximum atomic E-state index is 13.9. The fraction of sp³-hybridized carbons (Fsp3) is 0.912. The minimum Gasteiger partial charge on any atom is -0.359 e. The molecule has 4 unspecified atom stereocenters. The highest BCUT2D eigenvalue weighted by Crippen LogP contribution is 2.66. The van der Waals surface area contributed by atoms with Crippen molar-refractivity contribution >= 4 is 26.4 Å². The average Bonchev–Trinajstić information content (AvgIpc) is 3.37. The molecule has 0 aliphatic heterocycles. The van der Waals surface area contributed by atoms with Crippen LogP contribution in [0.15, 0.2) is 0 Å². The summed E-state index contributed by atoms with van der Waals surface area (Å²) in [5.74, 6) is 5.37. The Kier molecular flexibility index (Phi) is 13.3. The van der Waals surface area contributed by atoms with Crippen LogP contribution in [0.5, 0.6) is 0 Å². The molecule has 0 aromatic carbocycles. The SMILES string of the molecule is CNC(=O)CCC[C@H]1CCC2C3C(=O)CC4C[C@@H](NCCCNCCCCNCCCN)CC[C@]4(C)C3CC[C@@]21C=P. The van der Waals surface area contributed by atoms with Crippen molar-refractivity contribution < 1.29 is 9.59 Å². The van der Waals surface area contributed by atoms with Crippen LogP contribution in [0.3, 0.4) is 0 Å². The van der Waals surface area contributed by atoms with Gasteiger partial charge in [0, 0.05) is 31.8 Å². The Balaban J connectivity index is 1.21. The topological polar surface area (TPSA) is 108 Å². The Labute approximate surface area is 258 Å². The summed E-state index contributed by atoms with van der Waals surface area (Å²) in [5.41, 5.74) is 5.95. The highest BCUT2D eigenvalue weighted by molar-refractivity contribution is 7.18. The molecule has 0 heterocycles. The summed E-state index contributed by atoms with van der Waals surface area (Å²) >= 11 is 0. The summed E-state index contributed by atoms with van der Waals surface area (Å²) in [6.07, 6.45) is 16.5. The van der Waals surface area contributed by atoms with E-state index in [9.17, 15) is 9.59 Å². The number of hydrogen-bond donors (Lipinski definition) is 5. The Morgan fingerprint density at radius 3 is 2.40 bits per heavy atom. The third kappa shape index (κ3) is 7.86. The first-order valence-corrected chi connectivity index (χ1v) is 18.1. The zero-order chi connectivity index (χ0) is 30.0. The smallest absolute Gasteiger partial charge is 0.219 e. The summed E-state index contributed by atoms with van der Waals surface area (Å²) in [4.78, 5) is 25.8. The van der Waals surface area contributed by atoms with Gasteiger partial charge in [0.2, 0.25) is 5.91 Å². The third-order valence-electron chi connectivity index (χ3n) is 12.2. The number of unbranched alkanes of at least 4 members (excludes halogenated alkanes) is 1. The van der Waals surface area contributed by atoms with Crippen LogP contribution in [0.2, 0.25) is 0 Å². The Morgan fingerprint density at radius 1 is 0.952 bits per heavy atom. The number of nitrogens with one attached hydrogen (secondary N) is 4. The molecule has 0 aromatic heterocycles. The van der Waals surface area contributed by atoms with Gasteiger partial charge in [0.25, 0.3) is 0 Å². The number of fused-ring (bicyclic) bond motifs is 5. The van der Waals surface area contributed by atoms with Crippen molar-refractivity contribution in [2.24, 2.45) is 46.2 Å². The lowest BCUT2D eigenvalue weighted by Crippen LogP contribution is -2.58. The number of nitrogens with two attached hydrogens (primary N) is 1. The summed E-state index contributed by atoms with van der Waals surface area (Å²) in [6, 6.07) is 0.557. The van der Waals surface area contributed by atoms with E-state index >= 15 is 0 Å². The Morgan fingerprint density at radius 2 is 1.69 bits per heavy atom. The zero-order valence-corrected chi connectivity index (χ0v) is 27.8. The molecule has 6 N–H and O–H groups in total. The number of carbonyl (C=O) groups is 2. The van der Waals surface area contributed by atoms with Crippen molar-refractivity contribution in [1.29, 1.82) is 0 Å². The summed E-state index contributed by atoms with van der Waals surface area (Å²) in [5, 5.41) is 13.7. The standard InChI is InChI=1S/C34H62N5O2P/c1-33-14-12-27(39-21-7-20-38-18-4-3-17-37-19-6-16-35)22-26(33)23-30(40)32-28(33)13-15-34(24-42)25(10-11-29(32)34)8-5-9-31(41)36-2/h24-29,32,37-39,42H,3-23,35H2,1-2H3,(H,36,41)/t25-,26?,27-,28?,29?,32?,33-,34-/m0/s1. The Bertz CT molecular complexity index is 888. The van der Waals surface area contributed by atoms with Crippen LogP contribution in [0, 0.1) is 40.4 Å². The van der Waals surface area contributed by atoms with Crippen LogP contribution >= 0.6 is 8.86 Å². The maximum absolute atomic E-state index is 13.9. The van der Waals surface area contributed by atoms with Gasteiger partial charge in [0.05, 0.1) is 0 Å². The molecule has 4 aliphatic rings. The molecule has 7 nitrogen and oxygen atoms in total. The second kappa shape index (κ2) is 16.5. The molecular formula is C34H62N5O2P. The van der Waals surface area contributed by atoms with E-state index in [4.69, 9.17) is 5.73 Å². The predicted molar refractivity (Wildman–Crippen MR) is 177 cm³/mol. The normalized spacial score (nSPS) is 35.7. The van der Waals surface area contributed by atoms with Gasteiger partial charge in [-0.05, 0) is 157 Å². The van der Waals surface area contributed by atoms with E-state index in [0.29, 0.717) is 47.3 Å². The van der Waals surface area contributed by atoms with Crippen molar-refractivity contribution in [2.75, 3.05) is 46.3 Å². The molecule has 0 saturated heterocycles. The van der Waals surface area contributed by atoms with Crippen LogP contribution < -0.4 is 27.0 Å². The van der Waals surface area contributed by atoms with E-state index in [-0.39, 0.29) is 17.2 Å². The van der Waals surface area contributed by atoms with Gasteiger partial charge < -0.3 is 27.0 Å². The minimum atomic E-state index is 0.119. The first-order chi connectivity index (χ1) is 20.4. The van der Waals surface area contributed by atoms with E-state index < -0.39 is 0 Å². The van der Waals surface area contributed by atoms with Gasteiger partial charge >= 0.3 is 0 Å². The third-order valence-corrected chi connectivity index (χ3v) is 12.8. The van der Waals surface area contributed by atoms with E-state index in [1.54, 1.807) is 7.05 Å². The van der Waals surface area contributed by atoms with Gasteiger partial charge in [-0.2, -0.15) is 0 Å². The molecule has 4 rings (SSSR count). The van der Waals surface area contributed by atoms with Crippen LogP contribution in [-0.2, 0) is 9.59 Å². The molecule has 1 amide bonds. The number of Topliss-reactive ketones (excluding diaryl/α,β-unsaturated/α-hetero) is 1. The highest BCUT2D eigenvalue weighted by atomic mass is 31.0. The molecular weight excluding hydrogens is 541 g/mol. The fourth-order valence-electron chi connectivity index (χ4n) is 9.81. The molecule has 0 spiro atoms. The molecule has 4 fully saturated rings. The largest absolute Gasteiger partial charge is 0.359 e. The molecule has 240 valence electrons. The lowest BCUT2D eigenvalue weighted by molar-refractivity contribution is -0.153. The van der Waals surface area contributed by atoms with E-state index in [2.05, 4.69) is 42.9 Å². The first kappa shape index (κ1) is 34.0. The maximum Gasteiger partial charge on any atom is 0.219 e. The number of amides is 1. The van der Waals surface area contributed by atoms with E-state index in [0.717, 1.165) is 77.8 Å². The van der Waals surface area contributed by atoms with Gasteiger partial charge in [-0.15, -0.1) is 8.86 Å². The van der Waals surface area contributed by atoms with Gasteiger partial charge in [-0.1, -0.05) is 12.7 Å². The van der Waals surface area contributed by atoms with Crippen molar-refractivity contribution in [3.05, 3.63) is 0 Å². The summed E-state index contributed by atoms with van der Waals surface area (Å²) < 4.78 is 0. The second-order valence-electron chi connectivity index (χ2n) is 14.4. The van der Waals surface area contributed by atoms with Crippen LogP contribution in [0.4, 0.5) is 0 Å². The zero-order valence-electron chi connectivity index (χ0n) is 26.8. The quantitative estimate of drug-likeness (QED) is 0.118. The second-order valence-corrected chi connectivity index (χ2v) is 14.7. The van der Waals surface area contributed by atoms with E-state index in [1.807, 2.05) is 0 Å². The first-order valence-electron chi connectivity index (χ1n) is 17.5. The monoisotopic (exact) mass is 603 g/mol. The minimum absolute atomic E-state index is 0.119. The molecule has 4 saturated carbocycles. The number of rotatable bonds is 18. The number of ketones is 1. The fourth-order valence-corrected chi connectivity index (χ4v) is 10.4. The lowest BCUT2D eigenvalue weighted by Gasteiger charge is -2.60. The highest BCUT2D eigenvalue weighted by Gasteiger charge is 2.63. The number of hydrogen-bond acceptors (Lipinski definition) is 6. The van der Waals surface area contributed by atoms with Crippen molar-refractivity contribution in [3.63, 3.8) is 0 Å². The molecule has 0 bridgehead atoms. The van der Waals surface area contributed by atoms with Crippen LogP contribution in [-0.4, -0.2) is 69.8 Å². The molecule has 8 atom stereocenters. The molecule has 42 heavy (non-hydrogen) atoms. The van der Waals surface area contributed by atoms with Gasteiger partial charge in [0.1, 0.15) is 5.78 Å². The molecule has 4 aliphatic carbocycles. The predicted octanol–water partition coefficient (Wildman–Crippen LogP) is 4.32. The van der Waals surface area contributed by atoms with E-state index in [1.165, 1.54) is 51.4 Å². The Hall–Kier alpha value is -0.850. The van der Waals surface area contributed by atoms with Crippen LogP contribution in [0.25, 0.3) is 0 Å². The number of carbonyl (C=O) groups excluding carboxylic acids is 2. The summed E-state index contributed by atoms with van der Waals surface area (Å²) in [6.45, 7) is 8.68.